The van der Waals surface area contributed by atoms with Gasteiger partial charge in [-0.25, -0.2) is 0 Å². The van der Waals surface area contributed by atoms with E-state index in [1.54, 1.807) is 7.11 Å². The molecule has 1 aromatic heterocycles. The van der Waals surface area contributed by atoms with Crippen molar-refractivity contribution in [2.75, 3.05) is 7.11 Å². The first-order valence-electron chi connectivity index (χ1n) is 6.80. The van der Waals surface area contributed by atoms with Crippen molar-refractivity contribution in [3.8, 4) is 5.75 Å². The van der Waals surface area contributed by atoms with Crippen LogP contribution in [-0.2, 0) is 12.8 Å². The lowest BCUT2D eigenvalue weighted by atomic mass is 9.95. The van der Waals surface area contributed by atoms with E-state index in [9.17, 15) is 0 Å². The third-order valence-corrected chi connectivity index (χ3v) is 3.47. The molecular weight excluding hydrogens is 250 g/mol. The van der Waals surface area contributed by atoms with E-state index in [1.165, 1.54) is 16.7 Å². The molecular formula is C16H21N3O. The molecule has 0 aliphatic heterocycles. The molecule has 20 heavy (non-hydrogen) atoms. The summed E-state index contributed by atoms with van der Waals surface area (Å²) >= 11 is 0. The molecule has 0 bridgehead atoms. The van der Waals surface area contributed by atoms with Gasteiger partial charge in [0.05, 0.1) is 13.2 Å². The zero-order valence-electron chi connectivity index (χ0n) is 12.0. The van der Waals surface area contributed by atoms with E-state index >= 15 is 0 Å². The van der Waals surface area contributed by atoms with Crippen LogP contribution in [0, 0.1) is 0 Å². The maximum atomic E-state index is 5.75. The van der Waals surface area contributed by atoms with Crippen molar-refractivity contribution < 1.29 is 4.74 Å². The number of hydrogen-bond donors (Lipinski definition) is 2. The molecule has 0 fully saturated rings. The van der Waals surface area contributed by atoms with Crippen LogP contribution in [0.15, 0.2) is 42.7 Å². The van der Waals surface area contributed by atoms with E-state index in [0.29, 0.717) is 0 Å². The predicted octanol–water partition coefficient (Wildman–Crippen LogP) is 2.40. The van der Waals surface area contributed by atoms with Crippen LogP contribution < -0.4 is 16.0 Å². The number of ether oxygens (including phenoxy) is 1. The van der Waals surface area contributed by atoms with Crippen LogP contribution in [0.4, 0.5) is 0 Å². The molecule has 1 atom stereocenters. The third kappa shape index (κ3) is 3.35. The fraction of sp³-hybridized carbons (Fsp3) is 0.312. The molecule has 0 aliphatic carbocycles. The Labute approximate surface area is 120 Å². The number of pyridine rings is 1. The molecule has 4 heteroatoms. The van der Waals surface area contributed by atoms with Gasteiger partial charge in [0.1, 0.15) is 5.75 Å². The zero-order valence-corrected chi connectivity index (χ0v) is 12.0. The number of nitrogens with two attached hydrogens (primary N) is 1. The van der Waals surface area contributed by atoms with Gasteiger partial charge in [-0.15, -0.1) is 0 Å². The van der Waals surface area contributed by atoms with Crippen LogP contribution in [0.3, 0.4) is 0 Å². The number of aromatic nitrogens is 1. The standard InChI is InChI=1S/C16H21N3O/c1-3-13-11-18-8-7-15(13)16(19-17)10-12-5-4-6-14(9-12)20-2/h4-9,11,16,19H,3,10,17H2,1-2H3. The van der Waals surface area contributed by atoms with E-state index in [-0.39, 0.29) is 6.04 Å². The van der Waals surface area contributed by atoms with Crippen molar-refractivity contribution in [3.05, 3.63) is 59.4 Å². The van der Waals surface area contributed by atoms with Crippen molar-refractivity contribution in [2.24, 2.45) is 5.84 Å². The van der Waals surface area contributed by atoms with Crippen LogP contribution in [-0.4, -0.2) is 12.1 Å². The second-order valence-electron chi connectivity index (χ2n) is 4.70. The second-order valence-corrected chi connectivity index (χ2v) is 4.70. The Balaban J connectivity index is 2.24. The first-order chi connectivity index (χ1) is 9.78. The Morgan fingerprint density at radius 3 is 2.90 bits per heavy atom. The molecule has 4 nitrogen and oxygen atoms in total. The van der Waals surface area contributed by atoms with Crippen LogP contribution in [0.5, 0.6) is 5.75 Å². The summed E-state index contributed by atoms with van der Waals surface area (Å²) in [7, 11) is 1.68. The van der Waals surface area contributed by atoms with Crippen molar-refractivity contribution in [2.45, 2.75) is 25.8 Å². The summed E-state index contributed by atoms with van der Waals surface area (Å²) in [6.45, 7) is 2.12. The monoisotopic (exact) mass is 271 g/mol. The minimum Gasteiger partial charge on any atom is -0.497 e. The van der Waals surface area contributed by atoms with Crippen LogP contribution in [0.25, 0.3) is 0 Å². The molecule has 0 amide bonds. The zero-order chi connectivity index (χ0) is 14.4. The van der Waals surface area contributed by atoms with E-state index in [4.69, 9.17) is 10.6 Å². The first-order valence-corrected chi connectivity index (χ1v) is 6.80. The lowest BCUT2D eigenvalue weighted by Crippen LogP contribution is -2.30. The predicted molar refractivity (Wildman–Crippen MR) is 80.4 cm³/mol. The smallest absolute Gasteiger partial charge is 0.119 e. The van der Waals surface area contributed by atoms with Gasteiger partial charge in [0.2, 0.25) is 0 Å². The highest BCUT2D eigenvalue weighted by Crippen LogP contribution is 2.23. The number of nitrogens with one attached hydrogen (secondary N) is 1. The fourth-order valence-electron chi connectivity index (χ4n) is 2.37. The largest absolute Gasteiger partial charge is 0.497 e. The Morgan fingerprint density at radius 2 is 2.20 bits per heavy atom. The Hall–Kier alpha value is -1.91. The number of rotatable bonds is 6. The molecule has 2 aromatic rings. The second kappa shape index (κ2) is 7.03. The number of hydrogen-bond acceptors (Lipinski definition) is 4. The number of nitrogens with zero attached hydrogens (tertiary/aromatic N) is 1. The molecule has 2 rings (SSSR count). The average molecular weight is 271 g/mol. The molecule has 1 unspecified atom stereocenters. The van der Waals surface area contributed by atoms with Gasteiger partial charge in [-0.2, -0.15) is 0 Å². The lowest BCUT2D eigenvalue weighted by molar-refractivity contribution is 0.414. The van der Waals surface area contributed by atoms with E-state index in [1.807, 2.05) is 36.7 Å². The number of benzene rings is 1. The van der Waals surface area contributed by atoms with Gasteiger partial charge in [0.15, 0.2) is 0 Å². The molecule has 106 valence electrons. The van der Waals surface area contributed by atoms with E-state index in [2.05, 4.69) is 23.4 Å². The van der Waals surface area contributed by atoms with Gasteiger partial charge >= 0.3 is 0 Å². The van der Waals surface area contributed by atoms with E-state index < -0.39 is 0 Å². The summed E-state index contributed by atoms with van der Waals surface area (Å²) < 4.78 is 5.26. The number of aryl methyl sites for hydroxylation is 1. The Bertz CT molecular complexity index is 557. The summed E-state index contributed by atoms with van der Waals surface area (Å²) in [6, 6.07) is 10.2. The van der Waals surface area contributed by atoms with Gasteiger partial charge in [-0.3, -0.25) is 16.3 Å². The molecule has 0 spiro atoms. The van der Waals surface area contributed by atoms with Crippen molar-refractivity contribution in [3.63, 3.8) is 0 Å². The highest BCUT2D eigenvalue weighted by molar-refractivity contribution is 5.32. The summed E-state index contributed by atoms with van der Waals surface area (Å²) in [5.74, 6) is 6.61. The van der Waals surface area contributed by atoms with Crippen molar-refractivity contribution >= 4 is 0 Å². The number of hydrazine groups is 1. The third-order valence-electron chi connectivity index (χ3n) is 3.47. The fourth-order valence-corrected chi connectivity index (χ4v) is 2.37. The SMILES string of the molecule is CCc1cnccc1C(Cc1cccc(OC)c1)NN. The number of methoxy groups -OCH3 is 1. The summed E-state index contributed by atoms with van der Waals surface area (Å²) in [5, 5.41) is 0. The lowest BCUT2D eigenvalue weighted by Gasteiger charge is -2.19. The van der Waals surface area contributed by atoms with Gasteiger partial charge in [-0.1, -0.05) is 19.1 Å². The molecule has 0 radical (unpaired) electrons. The van der Waals surface area contributed by atoms with Crippen LogP contribution in [0.2, 0.25) is 0 Å². The van der Waals surface area contributed by atoms with Gasteiger partial charge in [0, 0.05) is 12.4 Å². The highest BCUT2D eigenvalue weighted by Gasteiger charge is 2.14. The van der Waals surface area contributed by atoms with Crippen LogP contribution >= 0.6 is 0 Å². The van der Waals surface area contributed by atoms with Gasteiger partial charge in [-0.05, 0) is 47.7 Å². The minimum absolute atomic E-state index is 0.0695. The highest BCUT2D eigenvalue weighted by atomic mass is 16.5. The maximum Gasteiger partial charge on any atom is 0.119 e. The van der Waals surface area contributed by atoms with Crippen LogP contribution in [0.1, 0.15) is 29.7 Å². The quantitative estimate of drug-likeness (QED) is 0.625. The first kappa shape index (κ1) is 14.5. The Morgan fingerprint density at radius 1 is 1.35 bits per heavy atom. The van der Waals surface area contributed by atoms with Crippen molar-refractivity contribution in [1.82, 2.24) is 10.4 Å². The molecule has 1 heterocycles. The van der Waals surface area contributed by atoms with Gasteiger partial charge in [0.25, 0.3) is 0 Å². The average Bonchev–Trinajstić information content (AvgIpc) is 2.52. The van der Waals surface area contributed by atoms with Crippen molar-refractivity contribution in [1.29, 1.82) is 0 Å². The molecule has 0 saturated heterocycles. The normalized spacial score (nSPS) is 12.2. The molecule has 3 N–H and O–H groups in total. The topological polar surface area (TPSA) is 60.2 Å². The minimum atomic E-state index is 0.0695. The maximum absolute atomic E-state index is 5.75. The summed E-state index contributed by atoms with van der Waals surface area (Å²) in [5.41, 5.74) is 6.52. The molecule has 1 aromatic carbocycles. The molecule has 0 saturated carbocycles. The summed E-state index contributed by atoms with van der Waals surface area (Å²) in [6.07, 6.45) is 5.47. The van der Waals surface area contributed by atoms with E-state index in [0.717, 1.165) is 18.6 Å². The molecule has 0 aliphatic rings. The van der Waals surface area contributed by atoms with Gasteiger partial charge < -0.3 is 4.74 Å². The Kier molecular flexibility index (Phi) is 5.09. The summed E-state index contributed by atoms with van der Waals surface area (Å²) in [4.78, 5) is 4.18.